The first-order chi connectivity index (χ1) is 7.38. The Morgan fingerprint density at radius 2 is 2.13 bits per heavy atom. The van der Waals surface area contributed by atoms with E-state index in [1.165, 1.54) is 37.7 Å². The average molecular weight is 222 g/mol. The van der Waals surface area contributed by atoms with Gasteiger partial charge in [0.05, 0.1) is 17.2 Å². The van der Waals surface area contributed by atoms with Gasteiger partial charge in [0.1, 0.15) is 0 Å². The van der Waals surface area contributed by atoms with Crippen molar-refractivity contribution in [2.75, 3.05) is 0 Å². The van der Waals surface area contributed by atoms with E-state index in [1.807, 2.05) is 5.51 Å². The summed E-state index contributed by atoms with van der Waals surface area (Å²) in [5.41, 5.74) is 10.5. The summed E-state index contributed by atoms with van der Waals surface area (Å²) in [6.07, 6.45) is 9.99. The Morgan fingerprint density at radius 3 is 2.93 bits per heavy atom. The van der Waals surface area contributed by atoms with Crippen LogP contribution in [-0.2, 0) is 0 Å². The number of allylic oxidation sites excluding steroid dienone is 1. The van der Waals surface area contributed by atoms with Gasteiger partial charge in [0.15, 0.2) is 0 Å². The molecule has 0 bridgehead atoms. The van der Waals surface area contributed by atoms with Gasteiger partial charge in [0, 0.05) is 5.38 Å². The standard InChI is InChI=1S/C12H18N2S/c13-12(11-8-15-9-14-11)10-6-4-2-1-3-5-7-10/h6,8-9,12H,1-5,7,13H2. The maximum absolute atomic E-state index is 6.21. The molecule has 0 radical (unpaired) electrons. The van der Waals surface area contributed by atoms with Crippen LogP contribution in [0.25, 0.3) is 0 Å². The van der Waals surface area contributed by atoms with Crippen molar-refractivity contribution in [3.63, 3.8) is 0 Å². The van der Waals surface area contributed by atoms with Crippen LogP contribution in [0.3, 0.4) is 0 Å². The van der Waals surface area contributed by atoms with E-state index in [0.29, 0.717) is 0 Å². The van der Waals surface area contributed by atoms with Gasteiger partial charge >= 0.3 is 0 Å². The van der Waals surface area contributed by atoms with Gasteiger partial charge < -0.3 is 5.73 Å². The Kier molecular flexibility index (Phi) is 3.92. The summed E-state index contributed by atoms with van der Waals surface area (Å²) < 4.78 is 0. The number of nitrogens with two attached hydrogens (primary N) is 1. The Morgan fingerprint density at radius 1 is 1.27 bits per heavy atom. The van der Waals surface area contributed by atoms with Crippen LogP contribution in [-0.4, -0.2) is 4.98 Å². The predicted octanol–water partition coefficient (Wildman–Crippen LogP) is 3.42. The fraction of sp³-hybridized carbons (Fsp3) is 0.583. The van der Waals surface area contributed by atoms with Crippen molar-refractivity contribution in [2.45, 2.75) is 44.6 Å². The van der Waals surface area contributed by atoms with Gasteiger partial charge in [0.25, 0.3) is 0 Å². The first-order valence-electron chi connectivity index (χ1n) is 5.70. The third-order valence-electron chi connectivity index (χ3n) is 3.00. The Hall–Kier alpha value is -0.670. The summed E-state index contributed by atoms with van der Waals surface area (Å²) in [5, 5.41) is 2.06. The summed E-state index contributed by atoms with van der Waals surface area (Å²) in [5.74, 6) is 0. The second-order valence-electron chi connectivity index (χ2n) is 4.12. The maximum atomic E-state index is 6.21. The van der Waals surface area contributed by atoms with Crippen molar-refractivity contribution in [3.05, 3.63) is 28.2 Å². The van der Waals surface area contributed by atoms with Crippen molar-refractivity contribution >= 4 is 11.3 Å². The monoisotopic (exact) mass is 222 g/mol. The highest BCUT2D eigenvalue weighted by molar-refractivity contribution is 7.07. The van der Waals surface area contributed by atoms with Crippen LogP contribution in [0.4, 0.5) is 0 Å². The van der Waals surface area contributed by atoms with E-state index in [2.05, 4.69) is 16.4 Å². The van der Waals surface area contributed by atoms with E-state index in [0.717, 1.165) is 12.1 Å². The predicted molar refractivity (Wildman–Crippen MR) is 64.8 cm³/mol. The van der Waals surface area contributed by atoms with E-state index in [1.54, 1.807) is 11.3 Å². The third kappa shape index (κ3) is 2.89. The lowest BCUT2D eigenvalue weighted by Gasteiger charge is -2.16. The average Bonchev–Trinajstić information content (AvgIpc) is 2.68. The molecule has 2 N–H and O–H groups in total. The number of hydrogen-bond donors (Lipinski definition) is 1. The number of nitrogens with zero attached hydrogens (tertiary/aromatic N) is 1. The summed E-state index contributed by atoms with van der Waals surface area (Å²) in [6.45, 7) is 0. The highest BCUT2D eigenvalue weighted by Crippen LogP contribution is 2.26. The summed E-state index contributed by atoms with van der Waals surface area (Å²) in [4.78, 5) is 4.30. The molecule has 0 saturated carbocycles. The van der Waals surface area contributed by atoms with Crippen molar-refractivity contribution in [3.8, 4) is 0 Å². The van der Waals surface area contributed by atoms with Crippen LogP contribution in [0.1, 0.15) is 50.3 Å². The third-order valence-corrected chi connectivity index (χ3v) is 3.60. The van der Waals surface area contributed by atoms with E-state index in [4.69, 9.17) is 5.73 Å². The summed E-state index contributed by atoms with van der Waals surface area (Å²) in [6, 6.07) is 0.0364. The van der Waals surface area contributed by atoms with Gasteiger partial charge in [-0.2, -0.15) is 0 Å². The molecule has 2 rings (SSSR count). The fourth-order valence-corrected chi connectivity index (χ4v) is 2.65. The van der Waals surface area contributed by atoms with Crippen molar-refractivity contribution in [2.24, 2.45) is 5.73 Å². The molecule has 1 aliphatic rings. The quantitative estimate of drug-likeness (QED) is 0.779. The molecule has 3 heteroatoms. The zero-order valence-electron chi connectivity index (χ0n) is 8.98. The Labute approximate surface area is 95.2 Å². The minimum atomic E-state index is 0.0364. The van der Waals surface area contributed by atoms with E-state index >= 15 is 0 Å². The van der Waals surface area contributed by atoms with E-state index < -0.39 is 0 Å². The fourth-order valence-electron chi connectivity index (χ4n) is 2.06. The molecule has 15 heavy (non-hydrogen) atoms. The van der Waals surface area contributed by atoms with Crippen LogP contribution < -0.4 is 5.73 Å². The van der Waals surface area contributed by atoms with Crippen LogP contribution in [0, 0.1) is 0 Å². The first kappa shape index (κ1) is 10.8. The zero-order valence-corrected chi connectivity index (χ0v) is 9.80. The van der Waals surface area contributed by atoms with Crippen molar-refractivity contribution in [1.82, 2.24) is 4.98 Å². The minimum Gasteiger partial charge on any atom is -0.319 e. The Balaban J connectivity index is 2.07. The van der Waals surface area contributed by atoms with Crippen LogP contribution in [0.5, 0.6) is 0 Å². The summed E-state index contributed by atoms with van der Waals surface area (Å²) in [7, 11) is 0. The molecule has 0 amide bonds. The van der Waals surface area contributed by atoms with Gasteiger partial charge in [0.2, 0.25) is 0 Å². The van der Waals surface area contributed by atoms with Crippen LogP contribution >= 0.6 is 11.3 Å². The normalized spacial score (nSPS) is 20.2. The van der Waals surface area contributed by atoms with Crippen molar-refractivity contribution < 1.29 is 0 Å². The van der Waals surface area contributed by atoms with Gasteiger partial charge in [-0.15, -0.1) is 11.3 Å². The number of rotatable bonds is 2. The van der Waals surface area contributed by atoms with Crippen molar-refractivity contribution in [1.29, 1.82) is 0 Å². The summed E-state index contributed by atoms with van der Waals surface area (Å²) >= 11 is 1.62. The smallest absolute Gasteiger partial charge is 0.0795 e. The van der Waals surface area contributed by atoms with Gasteiger partial charge in [-0.25, -0.2) is 4.98 Å². The number of hydrogen-bond acceptors (Lipinski definition) is 3. The molecule has 1 aromatic rings. The lowest BCUT2D eigenvalue weighted by atomic mass is 9.94. The van der Waals surface area contributed by atoms with Gasteiger partial charge in [-0.1, -0.05) is 24.5 Å². The zero-order chi connectivity index (χ0) is 10.5. The molecule has 82 valence electrons. The molecule has 2 nitrogen and oxygen atoms in total. The molecule has 1 aliphatic carbocycles. The number of thiazole rings is 1. The van der Waals surface area contributed by atoms with Gasteiger partial charge in [-0.05, 0) is 25.7 Å². The molecule has 1 atom stereocenters. The number of aromatic nitrogens is 1. The molecule has 0 aromatic carbocycles. The lowest BCUT2D eigenvalue weighted by Crippen LogP contribution is -2.14. The topological polar surface area (TPSA) is 38.9 Å². The van der Waals surface area contributed by atoms with Crippen LogP contribution in [0.2, 0.25) is 0 Å². The van der Waals surface area contributed by atoms with E-state index in [-0.39, 0.29) is 6.04 Å². The molecule has 1 aromatic heterocycles. The molecule has 1 unspecified atom stereocenters. The molecular formula is C12H18N2S. The highest BCUT2D eigenvalue weighted by Gasteiger charge is 2.14. The molecule has 0 aliphatic heterocycles. The second-order valence-corrected chi connectivity index (χ2v) is 4.84. The SMILES string of the molecule is NC(C1=CCCCCCC1)c1cscn1. The lowest BCUT2D eigenvalue weighted by molar-refractivity contribution is 0.600. The molecular weight excluding hydrogens is 204 g/mol. The Bertz CT molecular complexity index is 316. The largest absolute Gasteiger partial charge is 0.319 e. The molecule has 0 fully saturated rings. The first-order valence-corrected chi connectivity index (χ1v) is 6.65. The maximum Gasteiger partial charge on any atom is 0.0795 e. The molecule has 0 saturated heterocycles. The van der Waals surface area contributed by atoms with E-state index in [9.17, 15) is 0 Å². The highest BCUT2D eigenvalue weighted by atomic mass is 32.1. The van der Waals surface area contributed by atoms with Crippen LogP contribution in [0.15, 0.2) is 22.5 Å². The second kappa shape index (κ2) is 5.42. The van der Waals surface area contributed by atoms with Gasteiger partial charge in [-0.3, -0.25) is 0 Å². The minimum absolute atomic E-state index is 0.0364. The molecule has 1 heterocycles. The molecule has 0 spiro atoms.